The zero-order valence-electron chi connectivity index (χ0n) is 16.2. The summed E-state index contributed by atoms with van der Waals surface area (Å²) in [5, 5.41) is 3.05. The van der Waals surface area contributed by atoms with E-state index in [2.05, 4.69) is 11.9 Å². The van der Waals surface area contributed by atoms with Crippen LogP contribution in [0, 0.1) is 5.92 Å². The van der Waals surface area contributed by atoms with Crippen molar-refractivity contribution in [1.82, 2.24) is 10.2 Å². The van der Waals surface area contributed by atoms with Gasteiger partial charge in [0.2, 0.25) is 5.91 Å². The minimum Gasteiger partial charge on any atom is -0.444 e. The van der Waals surface area contributed by atoms with E-state index in [0.717, 1.165) is 12.0 Å². The lowest BCUT2D eigenvalue weighted by molar-refractivity contribution is -0.127. The first kappa shape index (κ1) is 20.0. The van der Waals surface area contributed by atoms with Crippen LogP contribution in [0.15, 0.2) is 43.0 Å². The van der Waals surface area contributed by atoms with Crippen molar-refractivity contribution in [1.29, 1.82) is 0 Å². The number of nitrogens with one attached hydrogen (secondary N) is 1. The van der Waals surface area contributed by atoms with Gasteiger partial charge in [-0.15, -0.1) is 6.58 Å². The molecule has 0 saturated carbocycles. The highest BCUT2D eigenvalue weighted by Gasteiger charge is 2.43. The topological polar surface area (TPSA) is 58.6 Å². The molecule has 2 amide bonds. The summed E-state index contributed by atoms with van der Waals surface area (Å²) < 4.78 is 5.50. The molecule has 2 rings (SSSR count). The van der Waals surface area contributed by atoms with Crippen LogP contribution in [-0.4, -0.2) is 35.1 Å². The van der Waals surface area contributed by atoms with Gasteiger partial charge in [0.25, 0.3) is 0 Å². The van der Waals surface area contributed by atoms with Crippen LogP contribution in [0.25, 0.3) is 0 Å². The molecule has 1 aromatic carbocycles. The summed E-state index contributed by atoms with van der Waals surface area (Å²) in [6.07, 6.45) is 2.83. The fourth-order valence-corrected chi connectivity index (χ4v) is 3.32. The summed E-state index contributed by atoms with van der Waals surface area (Å²) in [7, 11) is 0. The number of hydrogen-bond acceptors (Lipinski definition) is 3. The molecule has 1 aliphatic rings. The van der Waals surface area contributed by atoms with Gasteiger partial charge in [-0.1, -0.05) is 36.4 Å². The van der Waals surface area contributed by atoms with E-state index in [-0.39, 0.29) is 17.9 Å². The molecular formula is C21H30N2O3. The Kier molecular flexibility index (Phi) is 6.46. The number of hydrogen-bond donors (Lipinski definition) is 1. The maximum atomic E-state index is 13.0. The predicted molar refractivity (Wildman–Crippen MR) is 103 cm³/mol. The van der Waals surface area contributed by atoms with Crippen molar-refractivity contribution in [3.05, 3.63) is 48.6 Å². The molecule has 0 aromatic heterocycles. The molecule has 3 atom stereocenters. The molecule has 142 valence electrons. The van der Waals surface area contributed by atoms with Crippen LogP contribution in [0.5, 0.6) is 0 Å². The van der Waals surface area contributed by atoms with Crippen molar-refractivity contribution in [2.75, 3.05) is 6.54 Å². The number of amides is 2. The summed E-state index contributed by atoms with van der Waals surface area (Å²) in [6.45, 7) is 11.7. The third kappa shape index (κ3) is 5.10. The Morgan fingerprint density at radius 2 is 2.00 bits per heavy atom. The quantitative estimate of drug-likeness (QED) is 0.807. The SMILES string of the molecule is C=CC[C@H]1CCN(C(=O)OC(C)(C)C)[C@@H]1C(=O)N[C@H](C)c1ccccc1. The highest BCUT2D eigenvalue weighted by Crippen LogP contribution is 2.30. The standard InChI is InChI=1S/C21H30N2O3/c1-6-10-17-13-14-23(20(25)26-21(3,4)5)18(17)19(24)22-15(2)16-11-8-7-9-12-16/h6-9,11-12,15,17-18H,1,10,13-14H2,2-5H3,(H,22,24)/t15-,17+,18+/m1/s1. The number of nitrogens with zero attached hydrogens (tertiary/aromatic N) is 1. The maximum absolute atomic E-state index is 13.0. The summed E-state index contributed by atoms with van der Waals surface area (Å²) in [6, 6.07) is 9.13. The van der Waals surface area contributed by atoms with E-state index >= 15 is 0 Å². The van der Waals surface area contributed by atoms with E-state index in [1.807, 2.05) is 64.1 Å². The monoisotopic (exact) mass is 358 g/mol. The van der Waals surface area contributed by atoms with Crippen molar-refractivity contribution in [3.63, 3.8) is 0 Å². The van der Waals surface area contributed by atoms with Gasteiger partial charge in [0, 0.05) is 6.54 Å². The van der Waals surface area contributed by atoms with Crippen LogP contribution in [-0.2, 0) is 9.53 Å². The molecule has 0 radical (unpaired) electrons. The van der Waals surface area contributed by atoms with Gasteiger partial charge in [-0.3, -0.25) is 9.69 Å². The molecular weight excluding hydrogens is 328 g/mol. The normalized spacial score (nSPS) is 21.2. The van der Waals surface area contributed by atoms with Crippen LogP contribution >= 0.6 is 0 Å². The van der Waals surface area contributed by atoms with E-state index in [1.54, 1.807) is 4.90 Å². The Morgan fingerprint density at radius 3 is 2.58 bits per heavy atom. The lowest BCUT2D eigenvalue weighted by Gasteiger charge is -2.30. The first-order valence-corrected chi connectivity index (χ1v) is 9.18. The first-order chi connectivity index (χ1) is 12.2. The van der Waals surface area contributed by atoms with Gasteiger partial charge < -0.3 is 10.1 Å². The van der Waals surface area contributed by atoms with Crippen LogP contribution < -0.4 is 5.32 Å². The second kappa shape index (κ2) is 8.39. The van der Waals surface area contributed by atoms with Crippen molar-refractivity contribution < 1.29 is 14.3 Å². The van der Waals surface area contributed by atoms with E-state index in [9.17, 15) is 9.59 Å². The molecule has 1 N–H and O–H groups in total. The van der Waals surface area contributed by atoms with Crippen molar-refractivity contribution >= 4 is 12.0 Å². The van der Waals surface area contributed by atoms with Gasteiger partial charge in [0.15, 0.2) is 0 Å². The number of rotatable bonds is 5. The molecule has 26 heavy (non-hydrogen) atoms. The second-order valence-electron chi connectivity index (χ2n) is 7.83. The van der Waals surface area contributed by atoms with E-state index in [1.165, 1.54) is 0 Å². The smallest absolute Gasteiger partial charge is 0.410 e. The number of carbonyl (C=O) groups is 2. The fraction of sp³-hybridized carbons (Fsp3) is 0.524. The van der Waals surface area contributed by atoms with Gasteiger partial charge in [-0.25, -0.2) is 4.79 Å². The van der Waals surface area contributed by atoms with Gasteiger partial charge in [-0.05, 0) is 52.0 Å². The third-order valence-electron chi connectivity index (χ3n) is 4.55. The average Bonchev–Trinajstić information content (AvgIpc) is 2.98. The lowest BCUT2D eigenvalue weighted by Crippen LogP contribution is -2.50. The van der Waals surface area contributed by atoms with E-state index in [4.69, 9.17) is 4.74 Å². The van der Waals surface area contributed by atoms with Gasteiger partial charge in [-0.2, -0.15) is 0 Å². The second-order valence-corrected chi connectivity index (χ2v) is 7.83. The van der Waals surface area contributed by atoms with Crippen molar-refractivity contribution in [2.45, 2.75) is 58.2 Å². The van der Waals surface area contributed by atoms with E-state index in [0.29, 0.717) is 13.0 Å². The molecule has 0 spiro atoms. The van der Waals surface area contributed by atoms with Gasteiger partial charge in [0.1, 0.15) is 11.6 Å². The number of likely N-dealkylation sites (tertiary alicyclic amines) is 1. The average molecular weight is 358 g/mol. The molecule has 1 saturated heterocycles. The van der Waals surface area contributed by atoms with Crippen LogP contribution in [0.3, 0.4) is 0 Å². The van der Waals surface area contributed by atoms with Gasteiger partial charge >= 0.3 is 6.09 Å². The summed E-state index contributed by atoms with van der Waals surface area (Å²) in [5.41, 5.74) is 0.439. The Morgan fingerprint density at radius 1 is 1.35 bits per heavy atom. The largest absolute Gasteiger partial charge is 0.444 e. The molecule has 5 heteroatoms. The molecule has 0 bridgehead atoms. The summed E-state index contributed by atoms with van der Waals surface area (Å²) in [5.74, 6) is -0.0837. The number of benzene rings is 1. The first-order valence-electron chi connectivity index (χ1n) is 9.18. The fourth-order valence-electron chi connectivity index (χ4n) is 3.32. The lowest BCUT2D eigenvalue weighted by atomic mass is 9.95. The summed E-state index contributed by atoms with van der Waals surface area (Å²) >= 11 is 0. The van der Waals surface area contributed by atoms with E-state index < -0.39 is 17.7 Å². The molecule has 1 aliphatic heterocycles. The van der Waals surface area contributed by atoms with Gasteiger partial charge in [0.05, 0.1) is 6.04 Å². The van der Waals surface area contributed by atoms with Crippen LogP contribution in [0.4, 0.5) is 4.79 Å². The molecule has 1 aromatic rings. The minimum atomic E-state index is -0.591. The predicted octanol–water partition coefficient (Wildman–Crippen LogP) is 4.07. The highest BCUT2D eigenvalue weighted by molar-refractivity contribution is 5.87. The molecule has 0 unspecified atom stereocenters. The zero-order chi connectivity index (χ0) is 19.3. The molecule has 1 fully saturated rings. The minimum absolute atomic E-state index is 0.0583. The Labute approximate surface area is 156 Å². The van der Waals surface area contributed by atoms with Crippen molar-refractivity contribution in [2.24, 2.45) is 5.92 Å². The molecule has 5 nitrogen and oxygen atoms in total. The Bertz CT molecular complexity index is 636. The zero-order valence-corrected chi connectivity index (χ0v) is 16.2. The van der Waals surface area contributed by atoms with Crippen LogP contribution in [0.2, 0.25) is 0 Å². The number of carbonyl (C=O) groups excluding carboxylic acids is 2. The number of ether oxygens (including phenoxy) is 1. The Hall–Kier alpha value is -2.30. The van der Waals surface area contributed by atoms with Crippen molar-refractivity contribution in [3.8, 4) is 0 Å². The molecule has 1 heterocycles. The van der Waals surface area contributed by atoms with Crippen LogP contribution in [0.1, 0.15) is 52.1 Å². The maximum Gasteiger partial charge on any atom is 0.410 e. The summed E-state index contributed by atoms with van der Waals surface area (Å²) in [4.78, 5) is 27.1. The molecule has 0 aliphatic carbocycles. The Balaban J connectivity index is 2.14. The number of allylic oxidation sites excluding steroid dienone is 1. The highest BCUT2D eigenvalue weighted by atomic mass is 16.6. The third-order valence-corrected chi connectivity index (χ3v) is 4.55.